The molecule has 3 aromatic rings. The van der Waals surface area contributed by atoms with Gasteiger partial charge in [0.2, 0.25) is 0 Å². The molecule has 3 rings (SSSR count). The molecule has 124 valence electrons. The van der Waals surface area contributed by atoms with Gasteiger partial charge in [-0.25, -0.2) is 4.79 Å². The molecule has 2 amide bonds. The molecular formula is C17H14Br3N3O. The fraction of sp³-hybridized carbons (Fsp3) is 0.118. The first-order valence-corrected chi connectivity index (χ1v) is 9.65. The molecule has 0 atom stereocenters. The van der Waals surface area contributed by atoms with Crippen LogP contribution in [0.2, 0.25) is 0 Å². The predicted octanol–water partition coefficient (Wildman–Crippen LogP) is 5.82. The summed E-state index contributed by atoms with van der Waals surface area (Å²) in [6.45, 7) is 0.556. The number of halogens is 3. The van der Waals surface area contributed by atoms with Gasteiger partial charge in [0.1, 0.15) is 0 Å². The number of fused-ring (bicyclic) bond motifs is 1. The van der Waals surface area contributed by atoms with Gasteiger partial charge in [-0.05, 0) is 48.4 Å². The van der Waals surface area contributed by atoms with Crippen LogP contribution in [0, 0.1) is 0 Å². The number of amides is 2. The van der Waals surface area contributed by atoms with Gasteiger partial charge in [-0.2, -0.15) is 0 Å². The summed E-state index contributed by atoms with van der Waals surface area (Å²) in [5.41, 5.74) is 3.00. The number of aromatic nitrogens is 1. The van der Waals surface area contributed by atoms with E-state index in [-0.39, 0.29) is 6.03 Å². The second-order valence-electron chi connectivity index (χ2n) is 5.29. The van der Waals surface area contributed by atoms with Gasteiger partial charge >= 0.3 is 6.03 Å². The Kier molecular flexibility index (Phi) is 5.63. The molecule has 1 aromatic heterocycles. The maximum absolute atomic E-state index is 12.0. The molecule has 0 aliphatic rings. The van der Waals surface area contributed by atoms with Crippen molar-refractivity contribution in [2.75, 3.05) is 11.9 Å². The number of rotatable bonds is 4. The molecule has 0 saturated heterocycles. The lowest BCUT2D eigenvalue weighted by Gasteiger charge is -2.08. The van der Waals surface area contributed by atoms with E-state index < -0.39 is 0 Å². The number of urea groups is 1. The van der Waals surface area contributed by atoms with Gasteiger partial charge in [0.05, 0.1) is 0 Å². The molecule has 0 unspecified atom stereocenters. The highest BCUT2D eigenvalue weighted by Gasteiger charge is 2.06. The topological polar surface area (TPSA) is 56.9 Å². The Morgan fingerprint density at radius 3 is 2.50 bits per heavy atom. The number of nitrogens with one attached hydrogen (secondary N) is 3. The molecule has 2 aromatic carbocycles. The standard InChI is InChI=1S/C17H14Br3N3O/c18-11-1-2-16-15(8-11)10(9-22-16)3-4-21-17(24)23-14-6-12(19)5-13(20)7-14/h1-2,5-9,22H,3-4H2,(H2,21,23,24). The number of hydrogen-bond donors (Lipinski definition) is 3. The van der Waals surface area contributed by atoms with E-state index in [1.807, 2.05) is 36.5 Å². The first-order chi connectivity index (χ1) is 11.5. The number of benzene rings is 2. The van der Waals surface area contributed by atoms with Crippen molar-refractivity contribution in [3.63, 3.8) is 0 Å². The second-order valence-corrected chi connectivity index (χ2v) is 8.04. The minimum atomic E-state index is -0.221. The quantitative estimate of drug-likeness (QED) is 0.403. The molecule has 0 radical (unpaired) electrons. The van der Waals surface area contributed by atoms with Crippen LogP contribution in [0.25, 0.3) is 10.9 Å². The number of H-pyrrole nitrogens is 1. The van der Waals surface area contributed by atoms with Crippen molar-refractivity contribution >= 4 is 70.4 Å². The summed E-state index contributed by atoms with van der Waals surface area (Å²) in [5.74, 6) is 0. The largest absolute Gasteiger partial charge is 0.361 e. The van der Waals surface area contributed by atoms with E-state index in [9.17, 15) is 4.79 Å². The summed E-state index contributed by atoms with van der Waals surface area (Å²) in [6, 6.07) is 11.5. The number of hydrogen-bond acceptors (Lipinski definition) is 1. The Morgan fingerprint density at radius 1 is 1.00 bits per heavy atom. The zero-order valence-corrected chi connectivity index (χ0v) is 17.3. The molecule has 1 heterocycles. The van der Waals surface area contributed by atoms with E-state index in [0.29, 0.717) is 6.54 Å². The fourth-order valence-corrected chi connectivity index (χ4v) is 4.12. The zero-order valence-electron chi connectivity index (χ0n) is 12.5. The molecule has 7 heteroatoms. The average Bonchev–Trinajstić information content (AvgIpc) is 2.88. The van der Waals surface area contributed by atoms with Crippen molar-refractivity contribution < 1.29 is 4.79 Å². The minimum Gasteiger partial charge on any atom is -0.361 e. The second kappa shape index (κ2) is 7.72. The minimum absolute atomic E-state index is 0.221. The van der Waals surface area contributed by atoms with Gasteiger partial charge in [-0.3, -0.25) is 0 Å². The highest BCUT2D eigenvalue weighted by molar-refractivity contribution is 9.11. The molecule has 4 nitrogen and oxygen atoms in total. The van der Waals surface area contributed by atoms with Gasteiger partial charge in [-0.1, -0.05) is 47.8 Å². The summed E-state index contributed by atoms with van der Waals surface area (Å²) in [4.78, 5) is 15.3. The van der Waals surface area contributed by atoms with Crippen LogP contribution >= 0.6 is 47.8 Å². The highest BCUT2D eigenvalue weighted by Crippen LogP contribution is 2.24. The molecule has 3 N–H and O–H groups in total. The Morgan fingerprint density at radius 2 is 1.75 bits per heavy atom. The van der Waals surface area contributed by atoms with Crippen molar-refractivity contribution in [1.82, 2.24) is 10.3 Å². The van der Waals surface area contributed by atoms with E-state index >= 15 is 0 Å². The average molecular weight is 516 g/mol. The Bertz CT molecular complexity index is 872. The van der Waals surface area contributed by atoms with Gasteiger partial charge < -0.3 is 15.6 Å². The lowest BCUT2D eigenvalue weighted by Crippen LogP contribution is -2.30. The first-order valence-electron chi connectivity index (χ1n) is 7.28. The molecule has 24 heavy (non-hydrogen) atoms. The third-order valence-electron chi connectivity index (χ3n) is 3.53. The van der Waals surface area contributed by atoms with Crippen LogP contribution in [-0.4, -0.2) is 17.6 Å². The highest BCUT2D eigenvalue weighted by atomic mass is 79.9. The molecule has 0 aliphatic carbocycles. The summed E-state index contributed by atoms with van der Waals surface area (Å²) >= 11 is 10.3. The molecule has 0 aliphatic heterocycles. The summed E-state index contributed by atoms with van der Waals surface area (Å²) in [6.07, 6.45) is 2.74. The smallest absolute Gasteiger partial charge is 0.319 e. The SMILES string of the molecule is O=C(NCCc1c[nH]c2ccc(Br)cc12)Nc1cc(Br)cc(Br)c1. The van der Waals surface area contributed by atoms with Crippen LogP contribution in [0.3, 0.4) is 0 Å². The van der Waals surface area contributed by atoms with Crippen LogP contribution in [-0.2, 0) is 6.42 Å². The monoisotopic (exact) mass is 513 g/mol. The molecular weight excluding hydrogens is 502 g/mol. The third kappa shape index (κ3) is 4.40. The van der Waals surface area contributed by atoms with Crippen LogP contribution in [0.4, 0.5) is 10.5 Å². The van der Waals surface area contributed by atoms with Crippen molar-refractivity contribution in [1.29, 1.82) is 0 Å². The van der Waals surface area contributed by atoms with E-state index in [0.717, 1.165) is 31.0 Å². The number of aromatic amines is 1. The van der Waals surface area contributed by atoms with E-state index in [1.54, 1.807) is 0 Å². The van der Waals surface area contributed by atoms with Crippen molar-refractivity contribution in [3.05, 3.63) is 61.6 Å². The predicted molar refractivity (Wildman–Crippen MR) is 109 cm³/mol. The molecule has 0 spiro atoms. The van der Waals surface area contributed by atoms with Crippen LogP contribution in [0.15, 0.2) is 56.0 Å². The zero-order chi connectivity index (χ0) is 17.1. The summed E-state index contributed by atoms with van der Waals surface area (Å²) < 4.78 is 2.84. The Balaban J connectivity index is 1.57. The maximum atomic E-state index is 12.0. The lowest BCUT2D eigenvalue weighted by atomic mass is 10.1. The first kappa shape index (κ1) is 17.5. The fourth-order valence-electron chi connectivity index (χ4n) is 2.47. The van der Waals surface area contributed by atoms with E-state index in [2.05, 4.69) is 69.5 Å². The van der Waals surface area contributed by atoms with Crippen molar-refractivity contribution in [3.8, 4) is 0 Å². The lowest BCUT2D eigenvalue weighted by molar-refractivity contribution is 0.252. The number of anilines is 1. The van der Waals surface area contributed by atoms with Gasteiger partial charge in [0, 0.05) is 42.8 Å². The van der Waals surface area contributed by atoms with Gasteiger partial charge in [0.25, 0.3) is 0 Å². The number of carbonyl (C=O) groups excluding carboxylic acids is 1. The van der Waals surface area contributed by atoms with Crippen LogP contribution < -0.4 is 10.6 Å². The molecule has 0 fully saturated rings. The summed E-state index contributed by atoms with van der Waals surface area (Å²) in [7, 11) is 0. The van der Waals surface area contributed by atoms with Crippen LogP contribution in [0.5, 0.6) is 0 Å². The number of carbonyl (C=O) groups is 1. The van der Waals surface area contributed by atoms with Crippen molar-refractivity contribution in [2.45, 2.75) is 6.42 Å². The van der Waals surface area contributed by atoms with Gasteiger partial charge in [-0.15, -0.1) is 0 Å². The Labute approximate surface area is 164 Å². The van der Waals surface area contributed by atoms with Crippen LogP contribution in [0.1, 0.15) is 5.56 Å². The van der Waals surface area contributed by atoms with E-state index in [1.165, 1.54) is 10.9 Å². The van der Waals surface area contributed by atoms with Crippen molar-refractivity contribution in [2.24, 2.45) is 0 Å². The summed E-state index contributed by atoms with van der Waals surface area (Å²) in [5, 5.41) is 6.87. The third-order valence-corrected chi connectivity index (χ3v) is 4.94. The molecule has 0 bridgehead atoms. The van der Waals surface area contributed by atoms with E-state index in [4.69, 9.17) is 0 Å². The van der Waals surface area contributed by atoms with Gasteiger partial charge in [0.15, 0.2) is 0 Å². The molecule has 0 saturated carbocycles. The maximum Gasteiger partial charge on any atom is 0.319 e. The normalized spacial score (nSPS) is 10.8. The Hall–Kier alpha value is -1.31.